The average Bonchev–Trinajstić information content (AvgIpc) is 2.59. The minimum absolute atomic E-state index is 0.0197. The van der Waals surface area contributed by atoms with E-state index in [0.29, 0.717) is 0 Å². The number of nitrogens with two attached hydrogens (primary N) is 1. The van der Waals surface area contributed by atoms with Crippen LogP contribution in [-0.4, -0.2) is 12.1 Å². The van der Waals surface area contributed by atoms with Crippen molar-refractivity contribution >= 4 is 27.3 Å². The fraction of sp³-hybridized carbons (Fsp3) is 0.636. The lowest BCUT2D eigenvalue weighted by Crippen LogP contribution is -2.30. The predicted octanol–water partition coefficient (Wildman–Crippen LogP) is 3.71. The van der Waals surface area contributed by atoms with Crippen LogP contribution in [0, 0.1) is 0 Å². The average molecular weight is 292 g/mol. The molecule has 2 unspecified atom stereocenters. The van der Waals surface area contributed by atoms with E-state index in [1.54, 1.807) is 11.3 Å². The minimum Gasteiger partial charge on any atom is -0.368 e. The van der Waals surface area contributed by atoms with Crippen LogP contribution in [0.25, 0.3) is 0 Å². The quantitative estimate of drug-likeness (QED) is 0.897. The molecule has 2 atom stereocenters. The Labute approximate surface area is 104 Å². The molecule has 0 amide bonds. The molecule has 0 aromatic carbocycles. The van der Waals surface area contributed by atoms with Gasteiger partial charge in [-0.2, -0.15) is 0 Å². The zero-order valence-electron chi connectivity index (χ0n) is 9.37. The lowest BCUT2D eigenvalue weighted by Gasteiger charge is -2.24. The summed E-state index contributed by atoms with van der Waals surface area (Å²) in [5.74, 6) is 0. The molecule has 1 aromatic heterocycles. The number of ether oxygens (including phenoxy) is 1. The first-order valence-corrected chi connectivity index (χ1v) is 6.81. The molecule has 15 heavy (non-hydrogen) atoms. The molecule has 1 heterocycles. The smallest absolute Gasteiger partial charge is 0.107 e. The molecule has 86 valence electrons. The van der Waals surface area contributed by atoms with Gasteiger partial charge in [-0.1, -0.05) is 6.92 Å². The highest BCUT2D eigenvalue weighted by molar-refractivity contribution is 9.11. The van der Waals surface area contributed by atoms with Crippen molar-refractivity contribution < 1.29 is 4.74 Å². The predicted molar refractivity (Wildman–Crippen MR) is 69.2 cm³/mol. The van der Waals surface area contributed by atoms with Crippen LogP contribution in [0.4, 0.5) is 0 Å². The standard InChI is InChI=1S/C11H18BrNOS/c1-4-8(13)11(14-7(2)3)9-5-6-10(12)15-9/h5-8,11H,4,13H2,1-3H3. The molecule has 0 aliphatic carbocycles. The number of hydrogen-bond acceptors (Lipinski definition) is 3. The van der Waals surface area contributed by atoms with Crippen molar-refractivity contribution in [1.82, 2.24) is 0 Å². The van der Waals surface area contributed by atoms with E-state index < -0.39 is 0 Å². The molecule has 0 fully saturated rings. The lowest BCUT2D eigenvalue weighted by atomic mass is 10.1. The Kier molecular flexibility index (Phi) is 5.26. The Bertz CT molecular complexity index is 301. The van der Waals surface area contributed by atoms with E-state index in [9.17, 15) is 0 Å². The van der Waals surface area contributed by atoms with Crippen molar-refractivity contribution in [3.8, 4) is 0 Å². The third-order valence-corrected chi connectivity index (χ3v) is 3.84. The molecule has 0 spiro atoms. The Hall–Kier alpha value is 0.1000. The largest absolute Gasteiger partial charge is 0.368 e. The third-order valence-electron chi connectivity index (χ3n) is 2.15. The second kappa shape index (κ2) is 5.99. The molecular weight excluding hydrogens is 274 g/mol. The summed E-state index contributed by atoms with van der Waals surface area (Å²) in [5, 5.41) is 0. The second-order valence-electron chi connectivity index (χ2n) is 3.82. The first kappa shape index (κ1) is 13.2. The van der Waals surface area contributed by atoms with E-state index in [0.717, 1.165) is 10.2 Å². The van der Waals surface area contributed by atoms with E-state index >= 15 is 0 Å². The van der Waals surface area contributed by atoms with Gasteiger partial charge in [0, 0.05) is 10.9 Å². The van der Waals surface area contributed by atoms with Crippen LogP contribution in [0.3, 0.4) is 0 Å². The Morgan fingerprint density at radius 2 is 2.13 bits per heavy atom. The molecule has 1 rings (SSSR count). The van der Waals surface area contributed by atoms with Gasteiger partial charge in [0.2, 0.25) is 0 Å². The zero-order valence-corrected chi connectivity index (χ0v) is 11.8. The number of hydrogen-bond donors (Lipinski definition) is 1. The van der Waals surface area contributed by atoms with E-state index in [1.165, 1.54) is 4.88 Å². The summed E-state index contributed by atoms with van der Waals surface area (Å²) in [6.45, 7) is 6.17. The fourth-order valence-electron chi connectivity index (χ4n) is 1.37. The molecule has 2 N–H and O–H groups in total. The summed E-state index contributed by atoms with van der Waals surface area (Å²) in [4.78, 5) is 1.20. The van der Waals surface area contributed by atoms with Gasteiger partial charge in [-0.3, -0.25) is 0 Å². The molecule has 0 saturated carbocycles. The molecule has 0 radical (unpaired) electrons. The van der Waals surface area contributed by atoms with Crippen LogP contribution in [-0.2, 0) is 4.74 Å². The summed E-state index contributed by atoms with van der Waals surface area (Å²) >= 11 is 5.15. The van der Waals surface area contributed by atoms with Crippen LogP contribution in [0.1, 0.15) is 38.2 Å². The van der Waals surface area contributed by atoms with Gasteiger partial charge in [-0.15, -0.1) is 11.3 Å². The molecule has 0 bridgehead atoms. The first-order chi connectivity index (χ1) is 7.04. The molecule has 0 saturated heterocycles. The van der Waals surface area contributed by atoms with E-state index in [4.69, 9.17) is 10.5 Å². The van der Waals surface area contributed by atoms with Gasteiger partial charge in [0.15, 0.2) is 0 Å². The lowest BCUT2D eigenvalue weighted by molar-refractivity contribution is -0.00691. The van der Waals surface area contributed by atoms with Gasteiger partial charge in [-0.25, -0.2) is 0 Å². The highest BCUT2D eigenvalue weighted by atomic mass is 79.9. The number of thiophene rings is 1. The first-order valence-electron chi connectivity index (χ1n) is 5.20. The van der Waals surface area contributed by atoms with Gasteiger partial charge in [0.1, 0.15) is 6.10 Å². The maximum atomic E-state index is 6.07. The Morgan fingerprint density at radius 3 is 2.53 bits per heavy atom. The minimum atomic E-state index is 0.0197. The highest BCUT2D eigenvalue weighted by Gasteiger charge is 2.21. The Morgan fingerprint density at radius 1 is 1.47 bits per heavy atom. The van der Waals surface area contributed by atoms with E-state index in [-0.39, 0.29) is 18.2 Å². The maximum absolute atomic E-state index is 6.07. The van der Waals surface area contributed by atoms with Crippen molar-refractivity contribution in [3.63, 3.8) is 0 Å². The fourth-order valence-corrected chi connectivity index (χ4v) is 2.90. The summed E-state index contributed by atoms with van der Waals surface area (Å²) in [6, 6.07) is 4.19. The van der Waals surface area contributed by atoms with Crippen molar-refractivity contribution in [2.24, 2.45) is 5.73 Å². The van der Waals surface area contributed by atoms with Crippen LogP contribution in [0.2, 0.25) is 0 Å². The molecule has 4 heteroatoms. The highest BCUT2D eigenvalue weighted by Crippen LogP contribution is 2.32. The van der Waals surface area contributed by atoms with Crippen LogP contribution in [0.5, 0.6) is 0 Å². The van der Waals surface area contributed by atoms with Crippen molar-refractivity contribution in [2.75, 3.05) is 0 Å². The third kappa shape index (κ3) is 3.87. The molecular formula is C11H18BrNOS. The molecule has 0 aliphatic heterocycles. The van der Waals surface area contributed by atoms with Crippen molar-refractivity contribution in [2.45, 2.75) is 45.4 Å². The molecule has 1 aromatic rings. The number of rotatable bonds is 5. The van der Waals surface area contributed by atoms with E-state index in [1.807, 2.05) is 19.9 Å². The molecule has 2 nitrogen and oxygen atoms in total. The van der Waals surface area contributed by atoms with Crippen molar-refractivity contribution in [3.05, 3.63) is 20.8 Å². The Balaban J connectivity index is 2.80. The van der Waals surface area contributed by atoms with E-state index in [2.05, 4.69) is 28.9 Å². The number of halogens is 1. The summed E-state index contributed by atoms with van der Waals surface area (Å²) in [7, 11) is 0. The van der Waals surface area contributed by atoms with Crippen LogP contribution >= 0.6 is 27.3 Å². The van der Waals surface area contributed by atoms with Crippen LogP contribution < -0.4 is 5.73 Å². The summed E-state index contributed by atoms with van der Waals surface area (Å²) in [5.41, 5.74) is 6.07. The summed E-state index contributed by atoms with van der Waals surface area (Å²) < 4.78 is 6.99. The topological polar surface area (TPSA) is 35.2 Å². The van der Waals surface area contributed by atoms with Gasteiger partial charge in [-0.05, 0) is 48.3 Å². The van der Waals surface area contributed by atoms with Crippen LogP contribution in [0.15, 0.2) is 15.9 Å². The normalized spacial score (nSPS) is 15.6. The summed E-state index contributed by atoms with van der Waals surface area (Å²) in [6.07, 6.45) is 1.15. The van der Waals surface area contributed by atoms with Gasteiger partial charge in [0.05, 0.1) is 9.89 Å². The van der Waals surface area contributed by atoms with Gasteiger partial charge in [0.25, 0.3) is 0 Å². The molecule has 0 aliphatic rings. The van der Waals surface area contributed by atoms with Gasteiger partial charge >= 0.3 is 0 Å². The monoisotopic (exact) mass is 291 g/mol. The SMILES string of the molecule is CCC(N)C(OC(C)C)c1ccc(Br)s1. The second-order valence-corrected chi connectivity index (χ2v) is 6.31. The maximum Gasteiger partial charge on any atom is 0.107 e. The zero-order chi connectivity index (χ0) is 11.4. The van der Waals surface area contributed by atoms with Gasteiger partial charge < -0.3 is 10.5 Å². The van der Waals surface area contributed by atoms with Crippen molar-refractivity contribution in [1.29, 1.82) is 0 Å².